The van der Waals surface area contributed by atoms with Crippen LogP contribution in [-0.4, -0.2) is 35.0 Å². The van der Waals surface area contributed by atoms with Crippen LogP contribution in [0, 0.1) is 5.92 Å². The maximum atomic E-state index is 13.2. The molecule has 4 rings (SSSR count). The van der Waals surface area contributed by atoms with E-state index in [4.69, 9.17) is 17.0 Å². The SMILES string of the molecule is COC(=O)C(C(C)C)N1Cc2ccc(-c3ccc(NC(=S)Nc4ccccc4C(F)(F)F)cc3)cc2C1=O. The third kappa shape index (κ3) is 5.65. The number of benzene rings is 3. The number of alkyl halides is 3. The summed E-state index contributed by atoms with van der Waals surface area (Å²) < 4.78 is 44.6. The van der Waals surface area contributed by atoms with E-state index in [1.807, 2.05) is 38.1 Å². The summed E-state index contributed by atoms with van der Waals surface area (Å²) in [5.74, 6) is -0.777. The molecule has 3 aromatic rings. The first-order valence-corrected chi connectivity index (χ1v) is 12.3. The third-order valence-electron chi connectivity index (χ3n) is 6.31. The van der Waals surface area contributed by atoms with E-state index >= 15 is 0 Å². The number of halogens is 3. The Hall–Kier alpha value is -3.92. The van der Waals surface area contributed by atoms with Crippen molar-refractivity contribution < 1.29 is 27.5 Å². The largest absolute Gasteiger partial charge is 0.467 e. The van der Waals surface area contributed by atoms with Gasteiger partial charge < -0.3 is 20.3 Å². The Morgan fingerprint density at radius 2 is 1.66 bits per heavy atom. The second-order valence-corrected chi connectivity index (χ2v) is 9.63. The first kappa shape index (κ1) is 27.1. The molecule has 0 saturated heterocycles. The lowest BCUT2D eigenvalue weighted by Gasteiger charge is -2.28. The molecule has 1 atom stereocenters. The fraction of sp³-hybridized carbons (Fsp3) is 0.250. The van der Waals surface area contributed by atoms with Crippen molar-refractivity contribution in [3.8, 4) is 11.1 Å². The van der Waals surface area contributed by atoms with Crippen LogP contribution in [0.4, 0.5) is 24.5 Å². The van der Waals surface area contributed by atoms with E-state index in [0.29, 0.717) is 17.8 Å². The Labute approximate surface area is 223 Å². The van der Waals surface area contributed by atoms with Gasteiger partial charge >= 0.3 is 12.1 Å². The molecule has 198 valence electrons. The van der Waals surface area contributed by atoms with Crippen molar-refractivity contribution in [3.63, 3.8) is 0 Å². The molecule has 0 radical (unpaired) electrons. The Morgan fingerprint density at radius 3 is 2.29 bits per heavy atom. The number of amides is 1. The molecule has 10 heteroatoms. The van der Waals surface area contributed by atoms with Crippen molar-refractivity contribution >= 4 is 40.6 Å². The van der Waals surface area contributed by atoms with Crippen molar-refractivity contribution in [1.29, 1.82) is 0 Å². The molecule has 0 aromatic heterocycles. The van der Waals surface area contributed by atoms with E-state index in [-0.39, 0.29) is 22.6 Å². The highest BCUT2D eigenvalue weighted by Gasteiger charge is 2.39. The molecule has 1 aliphatic heterocycles. The van der Waals surface area contributed by atoms with Crippen LogP contribution in [0.1, 0.15) is 35.3 Å². The molecule has 1 amide bonds. The molecular formula is C28H26F3N3O3S. The number of thiocarbonyl (C=S) groups is 1. The number of nitrogens with zero attached hydrogens (tertiary/aromatic N) is 1. The van der Waals surface area contributed by atoms with E-state index in [1.54, 1.807) is 23.1 Å². The van der Waals surface area contributed by atoms with E-state index in [2.05, 4.69) is 10.6 Å². The smallest absolute Gasteiger partial charge is 0.418 e. The number of carbonyl (C=O) groups excluding carboxylic acids is 2. The van der Waals surface area contributed by atoms with E-state index < -0.39 is 23.8 Å². The number of esters is 1. The summed E-state index contributed by atoms with van der Waals surface area (Å²) >= 11 is 5.21. The van der Waals surface area contributed by atoms with E-state index in [1.165, 1.54) is 25.3 Å². The number of carbonyl (C=O) groups is 2. The van der Waals surface area contributed by atoms with Gasteiger partial charge in [-0.15, -0.1) is 0 Å². The predicted molar refractivity (Wildman–Crippen MR) is 144 cm³/mol. The van der Waals surface area contributed by atoms with Crippen molar-refractivity contribution in [2.45, 2.75) is 32.6 Å². The van der Waals surface area contributed by atoms with Gasteiger partial charge in [0.15, 0.2) is 5.11 Å². The molecule has 0 aliphatic carbocycles. The standard InChI is InChI=1S/C28H26F3N3O3S/c1-16(2)24(26(36)37-3)34-15-19-9-8-18(14-21(19)25(34)35)17-10-12-20(13-11-17)32-27(38)33-23-7-5-4-6-22(23)28(29,30)31/h4-14,16,24H,15H2,1-3H3,(H2,32,33,38). The Balaban J connectivity index is 1.47. The summed E-state index contributed by atoms with van der Waals surface area (Å²) in [7, 11) is 1.31. The molecule has 1 aliphatic rings. The molecule has 6 nitrogen and oxygen atoms in total. The van der Waals surface area contributed by atoms with Crippen molar-refractivity contribution in [1.82, 2.24) is 4.90 Å². The molecule has 2 N–H and O–H groups in total. The van der Waals surface area contributed by atoms with Crippen LogP contribution in [0.25, 0.3) is 11.1 Å². The fourth-order valence-corrected chi connectivity index (χ4v) is 4.71. The highest BCUT2D eigenvalue weighted by Crippen LogP contribution is 2.35. The molecule has 1 heterocycles. The molecule has 0 fully saturated rings. The van der Waals surface area contributed by atoms with Gasteiger partial charge in [-0.2, -0.15) is 13.2 Å². The molecule has 0 saturated carbocycles. The minimum absolute atomic E-state index is 0.0166. The lowest BCUT2D eigenvalue weighted by Crippen LogP contribution is -2.45. The second kappa shape index (κ2) is 10.8. The number of rotatable bonds is 6. The number of methoxy groups -OCH3 is 1. The Bertz CT molecular complexity index is 1370. The summed E-state index contributed by atoms with van der Waals surface area (Å²) in [4.78, 5) is 27.0. The molecular weight excluding hydrogens is 515 g/mol. The number of anilines is 2. The number of ether oxygens (including phenoxy) is 1. The summed E-state index contributed by atoms with van der Waals surface area (Å²) in [6.07, 6.45) is -4.51. The van der Waals surface area contributed by atoms with Gasteiger partial charge in [0.2, 0.25) is 0 Å². The van der Waals surface area contributed by atoms with Gasteiger partial charge in [-0.25, -0.2) is 4.79 Å². The van der Waals surface area contributed by atoms with Crippen LogP contribution in [0.2, 0.25) is 0 Å². The van der Waals surface area contributed by atoms with Crippen molar-refractivity contribution in [3.05, 3.63) is 83.4 Å². The molecule has 3 aromatic carbocycles. The maximum Gasteiger partial charge on any atom is 0.418 e. The highest BCUT2D eigenvalue weighted by atomic mass is 32.1. The van der Waals surface area contributed by atoms with Crippen molar-refractivity contribution in [2.75, 3.05) is 17.7 Å². The quantitative estimate of drug-likeness (QED) is 0.281. The molecule has 0 spiro atoms. The lowest BCUT2D eigenvalue weighted by molar-refractivity contribution is -0.147. The first-order chi connectivity index (χ1) is 18.0. The minimum Gasteiger partial charge on any atom is -0.467 e. The summed E-state index contributed by atoms with van der Waals surface area (Å²) in [5, 5.41) is 5.51. The fourth-order valence-electron chi connectivity index (χ4n) is 4.48. The Kier molecular flexibility index (Phi) is 7.73. The zero-order chi connectivity index (χ0) is 27.6. The van der Waals surface area contributed by atoms with Gasteiger partial charge in [0.05, 0.1) is 18.4 Å². The molecule has 0 bridgehead atoms. The van der Waals surface area contributed by atoms with Crippen molar-refractivity contribution in [2.24, 2.45) is 5.92 Å². The zero-order valence-electron chi connectivity index (χ0n) is 20.9. The number of hydrogen-bond acceptors (Lipinski definition) is 4. The minimum atomic E-state index is -4.51. The van der Waals surface area contributed by atoms with Gasteiger partial charge in [-0.1, -0.05) is 50.2 Å². The normalized spacial score (nSPS) is 13.8. The number of nitrogens with one attached hydrogen (secondary N) is 2. The van der Waals surface area contributed by atoms with Crippen LogP contribution >= 0.6 is 12.2 Å². The van der Waals surface area contributed by atoms with Crippen LogP contribution < -0.4 is 10.6 Å². The molecule has 1 unspecified atom stereocenters. The number of hydrogen-bond donors (Lipinski definition) is 2. The summed E-state index contributed by atoms with van der Waals surface area (Å²) in [6.45, 7) is 4.07. The van der Waals surface area contributed by atoms with Crippen LogP contribution in [0.3, 0.4) is 0 Å². The third-order valence-corrected chi connectivity index (χ3v) is 6.51. The first-order valence-electron chi connectivity index (χ1n) is 11.9. The average molecular weight is 542 g/mol. The molecule has 38 heavy (non-hydrogen) atoms. The van der Waals surface area contributed by atoms with Gasteiger partial charge in [0.1, 0.15) is 6.04 Å². The monoisotopic (exact) mass is 541 g/mol. The average Bonchev–Trinajstić information content (AvgIpc) is 3.19. The Morgan fingerprint density at radius 1 is 1.00 bits per heavy atom. The highest BCUT2D eigenvalue weighted by molar-refractivity contribution is 7.80. The van der Waals surface area contributed by atoms with E-state index in [9.17, 15) is 22.8 Å². The van der Waals surface area contributed by atoms with E-state index in [0.717, 1.165) is 22.8 Å². The van der Waals surface area contributed by atoms with Crippen LogP contribution in [0.5, 0.6) is 0 Å². The summed E-state index contributed by atoms with van der Waals surface area (Å²) in [6, 6.07) is 17.1. The lowest BCUT2D eigenvalue weighted by atomic mass is 10.00. The second-order valence-electron chi connectivity index (χ2n) is 9.22. The van der Waals surface area contributed by atoms with Gasteiger partial charge in [0.25, 0.3) is 5.91 Å². The topological polar surface area (TPSA) is 70.7 Å². The zero-order valence-corrected chi connectivity index (χ0v) is 21.7. The number of fused-ring (bicyclic) bond motifs is 1. The van der Waals surface area contributed by atoms with Gasteiger partial charge in [-0.3, -0.25) is 4.79 Å². The predicted octanol–water partition coefficient (Wildman–Crippen LogP) is 6.33. The number of para-hydroxylation sites is 1. The maximum absolute atomic E-state index is 13.2. The summed E-state index contributed by atoms with van der Waals surface area (Å²) in [5.41, 5.74) is 2.64. The van der Waals surface area contributed by atoms with Crippen LogP contribution in [0.15, 0.2) is 66.7 Å². The van der Waals surface area contributed by atoms with Gasteiger partial charge in [0, 0.05) is 17.8 Å². The van der Waals surface area contributed by atoms with Gasteiger partial charge in [-0.05, 0) is 65.2 Å². The van der Waals surface area contributed by atoms with Crippen LogP contribution in [-0.2, 0) is 22.3 Å².